The third-order valence-electron chi connectivity index (χ3n) is 3.29. The van der Waals surface area contributed by atoms with Crippen molar-refractivity contribution in [3.8, 4) is 0 Å². The molecule has 2 rings (SSSR count). The highest BCUT2D eigenvalue weighted by atomic mass is 32.1. The van der Waals surface area contributed by atoms with Gasteiger partial charge in [0, 0.05) is 22.7 Å². The average Bonchev–Trinajstić information content (AvgIpc) is 2.89. The second-order valence-electron chi connectivity index (χ2n) is 5.00. The van der Waals surface area contributed by atoms with Crippen LogP contribution in [0, 0.1) is 13.8 Å². The van der Waals surface area contributed by atoms with Crippen LogP contribution < -0.4 is 11.1 Å². The Hall–Kier alpha value is -1.81. The number of hydrogen-bond donors (Lipinski definition) is 2. The second-order valence-corrected chi connectivity index (χ2v) is 6.04. The van der Waals surface area contributed by atoms with Crippen LogP contribution in [0.4, 0.5) is 11.4 Å². The van der Waals surface area contributed by atoms with Gasteiger partial charge in [-0.1, -0.05) is 12.1 Å². The highest BCUT2D eigenvalue weighted by Gasteiger charge is 2.07. The van der Waals surface area contributed by atoms with E-state index in [1.54, 1.807) is 11.3 Å². The van der Waals surface area contributed by atoms with Crippen LogP contribution in [0.15, 0.2) is 29.6 Å². The molecule has 0 unspecified atom stereocenters. The molecule has 0 spiro atoms. The number of carbonyl (C=O) groups is 1. The molecule has 0 saturated heterocycles. The Balaban J connectivity index is 1.86. The number of carbonyl (C=O) groups excluding carboxylic acids is 1. The summed E-state index contributed by atoms with van der Waals surface area (Å²) in [6.45, 7) is 3.95. The summed E-state index contributed by atoms with van der Waals surface area (Å²) in [6.07, 6.45) is 2.36. The Morgan fingerprint density at radius 3 is 2.80 bits per heavy atom. The summed E-state index contributed by atoms with van der Waals surface area (Å²) in [6, 6.07) is 7.98. The van der Waals surface area contributed by atoms with E-state index >= 15 is 0 Å². The van der Waals surface area contributed by atoms with Gasteiger partial charge in [-0.2, -0.15) is 0 Å². The predicted molar refractivity (Wildman–Crippen MR) is 86.2 cm³/mol. The van der Waals surface area contributed by atoms with Gasteiger partial charge in [0.1, 0.15) is 0 Å². The SMILES string of the molecule is Cc1cc(C)c(NC(=O)CCCc2cccs2)cc1N. The zero-order chi connectivity index (χ0) is 14.5. The summed E-state index contributed by atoms with van der Waals surface area (Å²) in [5.74, 6) is 0.0490. The van der Waals surface area contributed by atoms with Crippen LogP contribution in [0.3, 0.4) is 0 Å². The fourth-order valence-corrected chi connectivity index (χ4v) is 2.85. The van der Waals surface area contributed by atoms with Crippen molar-refractivity contribution in [3.63, 3.8) is 0 Å². The molecular formula is C16H20N2OS. The molecule has 20 heavy (non-hydrogen) atoms. The quantitative estimate of drug-likeness (QED) is 0.820. The van der Waals surface area contributed by atoms with Gasteiger partial charge in [0.05, 0.1) is 0 Å². The minimum atomic E-state index is 0.0490. The maximum absolute atomic E-state index is 11.9. The fraction of sp³-hybridized carbons (Fsp3) is 0.312. The van der Waals surface area contributed by atoms with E-state index in [0.29, 0.717) is 12.1 Å². The van der Waals surface area contributed by atoms with Gasteiger partial charge < -0.3 is 11.1 Å². The van der Waals surface area contributed by atoms with Crippen LogP contribution in [0.1, 0.15) is 28.8 Å². The van der Waals surface area contributed by atoms with Gasteiger partial charge in [-0.05, 0) is 55.3 Å². The first-order chi connectivity index (χ1) is 9.56. The van der Waals surface area contributed by atoms with Crippen molar-refractivity contribution in [1.82, 2.24) is 0 Å². The van der Waals surface area contributed by atoms with Gasteiger partial charge in [0.25, 0.3) is 0 Å². The minimum Gasteiger partial charge on any atom is -0.398 e. The molecule has 0 radical (unpaired) electrons. The summed E-state index contributed by atoms with van der Waals surface area (Å²) in [5, 5.41) is 5.01. The first-order valence-electron chi connectivity index (χ1n) is 6.75. The van der Waals surface area contributed by atoms with Crippen molar-refractivity contribution in [1.29, 1.82) is 0 Å². The first kappa shape index (κ1) is 14.6. The molecule has 0 aliphatic rings. The monoisotopic (exact) mass is 288 g/mol. The molecule has 0 bridgehead atoms. The zero-order valence-corrected chi connectivity index (χ0v) is 12.7. The molecule has 2 aromatic rings. The maximum Gasteiger partial charge on any atom is 0.224 e. The number of aryl methyl sites for hydroxylation is 3. The first-order valence-corrected chi connectivity index (χ1v) is 7.63. The lowest BCUT2D eigenvalue weighted by atomic mass is 10.1. The zero-order valence-electron chi connectivity index (χ0n) is 11.9. The van der Waals surface area contributed by atoms with Crippen LogP contribution >= 0.6 is 11.3 Å². The molecule has 0 atom stereocenters. The summed E-state index contributed by atoms with van der Waals surface area (Å²) in [4.78, 5) is 13.3. The smallest absolute Gasteiger partial charge is 0.224 e. The van der Waals surface area contributed by atoms with Gasteiger partial charge in [-0.25, -0.2) is 0 Å². The summed E-state index contributed by atoms with van der Waals surface area (Å²) < 4.78 is 0. The van der Waals surface area contributed by atoms with Crippen molar-refractivity contribution < 1.29 is 4.79 Å². The molecule has 3 nitrogen and oxygen atoms in total. The lowest BCUT2D eigenvalue weighted by molar-refractivity contribution is -0.116. The van der Waals surface area contributed by atoms with E-state index in [1.165, 1.54) is 4.88 Å². The van der Waals surface area contributed by atoms with Crippen LogP contribution in [0.25, 0.3) is 0 Å². The van der Waals surface area contributed by atoms with Crippen LogP contribution in [0.5, 0.6) is 0 Å². The summed E-state index contributed by atoms with van der Waals surface area (Å²) >= 11 is 1.74. The molecule has 1 amide bonds. The van der Waals surface area contributed by atoms with Gasteiger partial charge in [-0.3, -0.25) is 4.79 Å². The Labute approximate surface area is 123 Å². The highest BCUT2D eigenvalue weighted by Crippen LogP contribution is 2.22. The summed E-state index contributed by atoms with van der Waals surface area (Å²) in [5.41, 5.74) is 9.49. The topological polar surface area (TPSA) is 55.1 Å². The van der Waals surface area contributed by atoms with Crippen LogP contribution in [-0.4, -0.2) is 5.91 Å². The molecule has 106 valence electrons. The molecule has 3 N–H and O–H groups in total. The fourth-order valence-electron chi connectivity index (χ4n) is 2.09. The van der Waals surface area contributed by atoms with Crippen LogP contribution in [-0.2, 0) is 11.2 Å². The minimum absolute atomic E-state index is 0.0490. The second kappa shape index (κ2) is 6.57. The molecule has 0 aliphatic heterocycles. The summed E-state index contributed by atoms with van der Waals surface area (Å²) in [7, 11) is 0. The number of nitrogens with two attached hydrogens (primary N) is 1. The number of thiophene rings is 1. The molecule has 1 aromatic carbocycles. The standard InChI is InChI=1S/C16H20N2OS/c1-11-9-12(2)15(10-14(11)17)18-16(19)7-3-5-13-6-4-8-20-13/h4,6,8-10H,3,5,7,17H2,1-2H3,(H,18,19). The van der Waals surface area contributed by atoms with Crippen molar-refractivity contribution in [2.75, 3.05) is 11.1 Å². The van der Waals surface area contributed by atoms with E-state index in [2.05, 4.69) is 16.8 Å². The number of nitrogen functional groups attached to an aromatic ring is 1. The molecule has 1 heterocycles. The number of rotatable bonds is 5. The number of nitrogens with one attached hydrogen (secondary N) is 1. The largest absolute Gasteiger partial charge is 0.398 e. The van der Waals surface area contributed by atoms with E-state index in [1.807, 2.05) is 32.0 Å². The Morgan fingerprint density at radius 1 is 1.30 bits per heavy atom. The Morgan fingerprint density at radius 2 is 2.10 bits per heavy atom. The van der Waals surface area contributed by atoms with E-state index < -0.39 is 0 Å². The number of amides is 1. The lowest BCUT2D eigenvalue weighted by Gasteiger charge is -2.11. The maximum atomic E-state index is 11.9. The number of hydrogen-bond acceptors (Lipinski definition) is 3. The Kier molecular flexibility index (Phi) is 4.79. The van der Waals surface area contributed by atoms with Crippen molar-refractivity contribution in [2.24, 2.45) is 0 Å². The highest BCUT2D eigenvalue weighted by molar-refractivity contribution is 7.09. The molecule has 4 heteroatoms. The number of benzene rings is 1. The lowest BCUT2D eigenvalue weighted by Crippen LogP contribution is -2.13. The van der Waals surface area contributed by atoms with Gasteiger partial charge >= 0.3 is 0 Å². The van der Waals surface area contributed by atoms with Gasteiger partial charge in [0.15, 0.2) is 0 Å². The average molecular weight is 288 g/mol. The van der Waals surface area contributed by atoms with Crippen molar-refractivity contribution >= 4 is 28.6 Å². The van der Waals surface area contributed by atoms with E-state index in [0.717, 1.165) is 29.7 Å². The van der Waals surface area contributed by atoms with Gasteiger partial charge in [0.2, 0.25) is 5.91 Å². The third-order valence-corrected chi connectivity index (χ3v) is 4.23. The Bertz CT molecular complexity index is 591. The van der Waals surface area contributed by atoms with Gasteiger partial charge in [-0.15, -0.1) is 11.3 Å². The normalized spacial score (nSPS) is 10.5. The molecule has 0 fully saturated rings. The van der Waals surface area contributed by atoms with Crippen molar-refractivity contribution in [2.45, 2.75) is 33.1 Å². The molecule has 1 aromatic heterocycles. The van der Waals surface area contributed by atoms with E-state index in [4.69, 9.17) is 5.73 Å². The third kappa shape index (κ3) is 3.84. The van der Waals surface area contributed by atoms with Crippen molar-refractivity contribution in [3.05, 3.63) is 45.6 Å². The van der Waals surface area contributed by atoms with E-state index in [-0.39, 0.29) is 5.91 Å². The molecule has 0 aliphatic carbocycles. The molecular weight excluding hydrogens is 268 g/mol. The van der Waals surface area contributed by atoms with Crippen LogP contribution in [0.2, 0.25) is 0 Å². The van der Waals surface area contributed by atoms with E-state index in [9.17, 15) is 4.79 Å². The number of anilines is 2. The predicted octanol–water partition coefficient (Wildman–Crippen LogP) is 3.91. The molecule has 0 saturated carbocycles.